The zero-order chi connectivity index (χ0) is 20.2. The van der Waals surface area contributed by atoms with Crippen LogP contribution in [0, 0.1) is 10.1 Å². The first-order valence-electron chi connectivity index (χ1n) is 9.52. The zero-order valence-corrected chi connectivity index (χ0v) is 16.0. The molecule has 8 nitrogen and oxygen atoms in total. The van der Waals surface area contributed by atoms with E-state index in [0.29, 0.717) is 24.7 Å². The molecule has 0 amide bonds. The summed E-state index contributed by atoms with van der Waals surface area (Å²) in [6, 6.07) is 15.1. The highest BCUT2D eigenvalue weighted by molar-refractivity contribution is 5.79. The molecule has 0 radical (unpaired) electrons. The van der Waals surface area contributed by atoms with Crippen molar-refractivity contribution in [2.24, 2.45) is 0 Å². The lowest BCUT2D eigenvalue weighted by Gasteiger charge is -2.30. The van der Waals surface area contributed by atoms with Crippen molar-refractivity contribution in [3.63, 3.8) is 0 Å². The van der Waals surface area contributed by atoms with E-state index < -0.39 is 4.92 Å². The summed E-state index contributed by atoms with van der Waals surface area (Å²) in [6.45, 7) is 3.15. The quantitative estimate of drug-likeness (QED) is 0.484. The Hall–Kier alpha value is -3.68. The highest BCUT2D eigenvalue weighted by atomic mass is 16.6. The summed E-state index contributed by atoms with van der Waals surface area (Å²) in [5.74, 6) is 1.19. The Balaban J connectivity index is 1.71. The summed E-state index contributed by atoms with van der Waals surface area (Å²) in [7, 11) is 0. The number of fused-ring (bicyclic) bond motifs is 1. The summed E-state index contributed by atoms with van der Waals surface area (Å²) in [5.41, 5.74) is 2.65. The van der Waals surface area contributed by atoms with Gasteiger partial charge in [0.25, 0.3) is 0 Å². The number of rotatable bonds is 6. The van der Waals surface area contributed by atoms with Crippen LogP contribution in [0.3, 0.4) is 0 Å². The summed E-state index contributed by atoms with van der Waals surface area (Å²) in [4.78, 5) is 21.9. The number of aryl methyl sites for hydroxylation is 1. The number of nitro groups is 1. The van der Waals surface area contributed by atoms with Crippen LogP contribution in [0.4, 0.5) is 28.7 Å². The second-order valence-electron chi connectivity index (χ2n) is 6.62. The normalized spacial score (nSPS) is 12.9. The van der Waals surface area contributed by atoms with Crippen LogP contribution in [-0.4, -0.2) is 28.0 Å². The Bertz CT molecular complexity index is 1020. The van der Waals surface area contributed by atoms with Gasteiger partial charge in [0.15, 0.2) is 0 Å². The summed E-state index contributed by atoms with van der Waals surface area (Å²) >= 11 is 0. The van der Waals surface area contributed by atoms with E-state index in [2.05, 4.69) is 15.3 Å². The lowest BCUT2D eigenvalue weighted by atomic mass is 10.0. The number of benzene rings is 2. The first-order valence-corrected chi connectivity index (χ1v) is 9.52. The fraction of sp³-hybridized carbons (Fsp3) is 0.238. The molecule has 2 heterocycles. The van der Waals surface area contributed by atoms with Crippen LogP contribution in [0.5, 0.6) is 5.75 Å². The van der Waals surface area contributed by atoms with E-state index in [9.17, 15) is 10.1 Å². The Morgan fingerprint density at radius 3 is 2.72 bits per heavy atom. The molecule has 1 N–H and O–H groups in total. The number of hydrogen-bond donors (Lipinski definition) is 1. The highest BCUT2D eigenvalue weighted by Crippen LogP contribution is 2.40. The standard InChI is InChI=1S/C21H21N5O3/c1-2-29-17-11-9-16(10-12-17)24-20-19(26(27)28)21(23-14-22-20)25-13-5-7-15-6-3-4-8-18(15)25/h3-4,6,8-12,14H,2,5,7,13H2,1H3,(H,22,23,24). The van der Waals surface area contributed by atoms with E-state index in [1.807, 2.05) is 36.1 Å². The molecule has 3 aromatic rings. The van der Waals surface area contributed by atoms with Crippen LogP contribution in [0.2, 0.25) is 0 Å². The van der Waals surface area contributed by atoms with Crippen molar-refractivity contribution in [1.29, 1.82) is 0 Å². The molecular formula is C21H21N5O3. The monoisotopic (exact) mass is 391 g/mol. The van der Waals surface area contributed by atoms with Crippen molar-refractivity contribution >= 4 is 28.7 Å². The number of aromatic nitrogens is 2. The van der Waals surface area contributed by atoms with Crippen molar-refractivity contribution in [3.05, 3.63) is 70.5 Å². The van der Waals surface area contributed by atoms with Gasteiger partial charge in [-0.25, -0.2) is 9.97 Å². The van der Waals surface area contributed by atoms with Gasteiger partial charge >= 0.3 is 5.69 Å². The lowest BCUT2D eigenvalue weighted by molar-refractivity contribution is -0.383. The average molecular weight is 391 g/mol. The molecule has 29 heavy (non-hydrogen) atoms. The molecule has 0 fully saturated rings. The summed E-state index contributed by atoms with van der Waals surface area (Å²) < 4.78 is 5.44. The molecule has 4 rings (SSSR count). The molecule has 0 aliphatic carbocycles. The van der Waals surface area contributed by atoms with Gasteiger partial charge in [-0.3, -0.25) is 10.1 Å². The minimum absolute atomic E-state index is 0.141. The average Bonchev–Trinajstić information content (AvgIpc) is 2.74. The van der Waals surface area contributed by atoms with Crippen LogP contribution < -0.4 is 15.0 Å². The van der Waals surface area contributed by atoms with E-state index in [4.69, 9.17) is 4.74 Å². The molecule has 1 aromatic heterocycles. The Kier molecular flexibility index (Phi) is 5.24. The molecule has 0 atom stereocenters. The predicted octanol–water partition coefficient (Wildman–Crippen LogP) is 4.61. The molecule has 2 aromatic carbocycles. The molecule has 148 valence electrons. The molecule has 0 saturated carbocycles. The van der Waals surface area contributed by atoms with Crippen molar-refractivity contribution in [3.8, 4) is 5.75 Å². The van der Waals surface area contributed by atoms with Gasteiger partial charge in [-0.05, 0) is 55.7 Å². The smallest absolute Gasteiger partial charge is 0.354 e. The third-order valence-electron chi connectivity index (χ3n) is 4.78. The van der Waals surface area contributed by atoms with Crippen LogP contribution in [0.25, 0.3) is 0 Å². The Morgan fingerprint density at radius 1 is 1.17 bits per heavy atom. The van der Waals surface area contributed by atoms with E-state index >= 15 is 0 Å². The van der Waals surface area contributed by atoms with E-state index in [1.54, 1.807) is 24.3 Å². The van der Waals surface area contributed by atoms with Crippen LogP contribution in [0.15, 0.2) is 54.9 Å². The second-order valence-corrected chi connectivity index (χ2v) is 6.62. The topological polar surface area (TPSA) is 93.4 Å². The van der Waals surface area contributed by atoms with Gasteiger partial charge in [-0.1, -0.05) is 18.2 Å². The first kappa shape index (κ1) is 18.7. The van der Waals surface area contributed by atoms with Gasteiger partial charge in [0.1, 0.15) is 12.1 Å². The fourth-order valence-corrected chi connectivity index (χ4v) is 3.52. The molecular weight excluding hydrogens is 370 g/mol. The Morgan fingerprint density at radius 2 is 1.97 bits per heavy atom. The minimum atomic E-state index is -0.427. The molecule has 0 spiro atoms. The second kappa shape index (κ2) is 8.14. The number of ether oxygens (including phenoxy) is 1. The lowest BCUT2D eigenvalue weighted by Crippen LogP contribution is -2.26. The third kappa shape index (κ3) is 3.82. The van der Waals surface area contributed by atoms with Gasteiger partial charge in [0, 0.05) is 17.9 Å². The van der Waals surface area contributed by atoms with E-state index in [1.165, 1.54) is 6.33 Å². The molecule has 1 aliphatic heterocycles. The highest BCUT2D eigenvalue weighted by Gasteiger charge is 2.30. The fourth-order valence-electron chi connectivity index (χ4n) is 3.52. The number of anilines is 4. The van der Waals surface area contributed by atoms with Crippen molar-refractivity contribution in [1.82, 2.24) is 9.97 Å². The minimum Gasteiger partial charge on any atom is -0.494 e. The van der Waals surface area contributed by atoms with Crippen molar-refractivity contribution < 1.29 is 9.66 Å². The summed E-state index contributed by atoms with van der Waals surface area (Å²) in [6.07, 6.45) is 3.21. The maximum absolute atomic E-state index is 12.0. The Labute approximate surface area is 168 Å². The zero-order valence-electron chi connectivity index (χ0n) is 16.0. The number of hydrogen-bond acceptors (Lipinski definition) is 7. The van der Waals surface area contributed by atoms with E-state index in [0.717, 1.165) is 29.8 Å². The molecule has 0 saturated heterocycles. The van der Waals surface area contributed by atoms with Crippen LogP contribution in [-0.2, 0) is 6.42 Å². The number of nitrogens with zero attached hydrogens (tertiary/aromatic N) is 4. The molecule has 0 bridgehead atoms. The third-order valence-corrected chi connectivity index (χ3v) is 4.78. The first-order chi connectivity index (χ1) is 14.2. The molecule has 8 heteroatoms. The predicted molar refractivity (Wildman–Crippen MR) is 111 cm³/mol. The van der Waals surface area contributed by atoms with Gasteiger partial charge in [-0.2, -0.15) is 0 Å². The molecule has 0 unspecified atom stereocenters. The largest absolute Gasteiger partial charge is 0.494 e. The maximum Gasteiger partial charge on any atom is 0.354 e. The van der Waals surface area contributed by atoms with Gasteiger partial charge in [-0.15, -0.1) is 0 Å². The van der Waals surface area contributed by atoms with Crippen LogP contribution >= 0.6 is 0 Å². The van der Waals surface area contributed by atoms with Crippen molar-refractivity contribution in [2.75, 3.05) is 23.4 Å². The number of para-hydroxylation sites is 1. The van der Waals surface area contributed by atoms with Gasteiger partial charge < -0.3 is 15.0 Å². The number of nitrogens with one attached hydrogen (secondary N) is 1. The summed E-state index contributed by atoms with van der Waals surface area (Å²) in [5, 5.41) is 15.0. The SMILES string of the molecule is CCOc1ccc(Nc2ncnc(N3CCCc4ccccc43)c2[N+](=O)[O-])cc1. The van der Waals surface area contributed by atoms with Crippen LogP contribution in [0.1, 0.15) is 18.9 Å². The van der Waals surface area contributed by atoms with Crippen molar-refractivity contribution in [2.45, 2.75) is 19.8 Å². The van der Waals surface area contributed by atoms with E-state index in [-0.39, 0.29) is 11.5 Å². The molecule has 1 aliphatic rings. The maximum atomic E-state index is 12.0. The van der Waals surface area contributed by atoms with Gasteiger partial charge in [0.2, 0.25) is 11.6 Å². The van der Waals surface area contributed by atoms with Gasteiger partial charge in [0.05, 0.1) is 11.5 Å².